The van der Waals surface area contributed by atoms with Crippen LogP contribution >= 0.6 is 0 Å². The fourth-order valence-electron chi connectivity index (χ4n) is 3.74. The Balaban J connectivity index is 1.69. The summed E-state index contributed by atoms with van der Waals surface area (Å²) in [5.74, 6) is 0.341. The van der Waals surface area contributed by atoms with Crippen molar-refractivity contribution in [3.05, 3.63) is 90.0 Å². The Kier molecular flexibility index (Phi) is 5.61. The van der Waals surface area contributed by atoms with Crippen LogP contribution in [-0.2, 0) is 17.5 Å². The van der Waals surface area contributed by atoms with E-state index in [9.17, 15) is 22.8 Å². The molecule has 0 atom stereocenters. The maximum Gasteiger partial charge on any atom is 0.418 e. The smallest absolute Gasteiger partial charge is 0.418 e. The second-order valence-electron chi connectivity index (χ2n) is 8.11. The molecule has 0 N–H and O–H groups in total. The molecule has 0 unspecified atom stereocenters. The van der Waals surface area contributed by atoms with Crippen molar-refractivity contribution in [3.63, 3.8) is 0 Å². The summed E-state index contributed by atoms with van der Waals surface area (Å²) >= 11 is 0. The molecule has 170 valence electrons. The summed E-state index contributed by atoms with van der Waals surface area (Å²) in [4.78, 5) is 28.3. The molecule has 5 nitrogen and oxygen atoms in total. The molecule has 1 heterocycles. The van der Waals surface area contributed by atoms with Gasteiger partial charge in [0.15, 0.2) is 0 Å². The Hall–Kier alpha value is -3.81. The van der Waals surface area contributed by atoms with E-state index >= 15 is 0 Å². The second kappa shape index (κ2) is 8.27. The highest BCUT2D eigenvalue weighted by molar-refractivity contribution is 6.23. The van der Waals surface area contributed by atoms with Crippen LogP contribution in [0.5, 0.6) is 11.5 Å². The van der Waals surface area contributed by atoms with Crippen molar-refractivity contribution < 1.29 is 27.5 Å². The van der Waals surface area contributed by atoms with Gasteiger partial charge < -0.3 is 9.64 Å². The normalized spacial score (nSPS) is 15.8. The third-order valence-corrected chi connectivity index (χ3v) is 5.55. The summed E-state index contributed by atoms with van der Waals surface area (Å²) in [5.41, 5.74) is -2.28. The lowest BCUT2D eigenvalue weighted by Crippen LogP contribution is -2.43. The van der Waals surface area contributed by atoms with Gasteiger partial charge in [-0.3, -0.25) is 4.79 Å². The number of carbonyl (C=O) groups is 2. The number of nitrogens with zero attached hydrogens (tertiary/aromatic N) is 2. The first kappa shape index (κ1) is 22.4. The van der Waals surface area contributed by atoms with Crippen LogP contribution in [0.2, 0.25) is 0 Å². The number of hydrogen-bond acceptors (Lipinski definition) is 3. The van der Waals surface area contributed by atoms with E-state index in [0.29, 0.717) is 22.0 Å². The third kappa shape index (κ3) is 4.16. The molecule has 33 heavy (non-hydrogen) atoms. The van der Waals surface area contributed by atoms with E-state index in [1.165, 1.54) is 30.9 Å². The minimum absolute atomic E-state index is 0.0226. The van der Waals surface area contributed by atoms with Gasteiger partial charge in [-0.15, -0.1) is 0 Å². The standard InChI is InChI=1S/C25H21F3N2O3/c1-24(2)22(31)30(20-14-8-7-13-19(20)25(26,27)28)23(32)29(24)16-17-10-6-9-15-21(17)33-18-11-4-3-5-12-18/h3-15H,16H2,1-2H3. The van der Waals surface area contributed by atoms with Crippen molar-refractivity contribution in [1.29, 1.82) is 0 Å². The number of hydrogen-bond donors (Lipinski definition) is 0. The van der Waals surface area contributed by atoms with Crippen LogP contribution in [0.15, 0.2) is 78.9 Å². The molecule has 3 aromatic rings. The molecule has 0 spiro atoms. The molecule has 0 radical (unpaired) electrons. The Labute approximate surface area is 189 Å². The zero-order chi connectivity index (χ0) is 23.8. The quantitative estimate of drug-likeness (QED) is 0.429. The molecular formula is C25H21F3N2O3. The largest absolute Gasteiger partial charge is 0.457 e. The first-order valence-corrected chi connectivity index (χ1v) is 10.2. The number of alkyl halides is 3. The molecule has 0 bridgehead atoms. The van der Waals surface area contributed by atoms with Gasteiger partial charge in [0.2, 0.25) is 0 Å². The lowest BCUT2D eigenvalue weighted by Gasteiger charge is -2.28. The second-order valence-corrected chi connectivity index (χ2v) is 8.11. The molecule has 4 rings (SSSR count). The minimum atomic E-state index is -4.72. The van der Waals surface area contributed by atoms with Crippen LogP contribution in [0.3, 0.4) is 0 Å². The molecular weight excluding hydrogens is 433 g/mol. The number of rotatable bonds is 5. The molecule has 0 aliphatic carbocycles. The number of ether oxygens (including phenoxy) is 1. The zero-order valence-electron chi connectivity index (χ0n) is 18.0. The predicted octanol–water partition coefficient (Wildman–Crippen LogP) is 6.25. The summed E-state index contributed by atoms with van der Waals surface area (Å²) in [6.07, 6.45) is -4.72. The van der Waals surface area contributed by atoms with Gasteiger partial charge in [0.1, 0.15) is 17.0 Å². The maximum absolute atomic E-state index is 13.6. The molecule has 3 amide bonds. The SMILES string of the molecule is CC1(C)C(=O)N(c2ccccc2C(F)(F)F)C(=O)N1Cc1ccccc1Oc1ccccc1. The molecule has 8 heteroatoms. The number of benzene rings is 3. The van der Waals surface area contributed by atoms with Crippen LogP contribution in [0, 0.1) is 0 Å². The van der Waals surface area contributed by atoms with Crippen molar-refractivity contribution >= 4 is 17.6 Å². The number of anilines is 1. The average Bonchev–Trinajstić information content (AvgIpc) is 2.94. The van der Waals surface area contributed by atoms with Crippen LogP contribution in [0.1, 0.15) is 25.0 Å². The molecule has 0 aromatic heterocycles. The number of imide groups is 1. The van der Waals surface area contributed by atoms with Crippen molar-refractivity contribution in [2.24, 2.45) is 0 Å². The van der Waals surface area contributed by atoms with Crippen LogP contribution < -0.4 is 9.64 Å². The molecule has 1 fully saturated rings. The van der Waals surface area contributed by atoms with E-state index < -0.39 is 34.9 Å². The molecule has 3 aromatic carbocycles. The fourth-order valence-corrected chi connectivity index (χ4v) is 3.74. The van der Waals surface area contributed by atoms with Crippen LogP contribution in [0.25, 0.3) is 0 Å². The number of carbonyl (C=O) groups excluding carboxylic acids is 2. The maximum atomic E-state index is 13.6. The number of halogens is 3. The van der Waals surface area contributed by atoms with Crippen molar-refractivity contribution in [3.8, 4) is 11.5 Å². The van der Waals surface area contributed by atoms with Crippen molar-refractivity contribution in [1.82, 2.24) is 4.90 Å². The number of amides is 3. The topological polar surface area (TPSA) is 49.9 Å². The Bertz CT molecular complexity index is 1190. The lowest BCUT2D eigenvalue weighted by molar-refractivity contribution is -0.137. The van der Waals surface area contributed by atoms with Gasteiger partial charge in [0, 0.05) is 5.56 Å². The Morgan fingerprint density at radius 2 is 1.45 bits per heavy atom. The number of para-hydroxylation sites is 3. The first-order chi connectivity index (χ1) is 15.6. The van der Waals surface area contributed by atoms with Gasteiger partial charge in [-0.2, -0.15) is 13.2 Å². The minimum Gasteiger partial charge on any atom is -0.457 e. The van der Waals surface area contributed by atoms with E-state index in [0.717, 1.165) is 12.1 Å². The lowest BCUT2D eigenvalue weighted by atomic mass is 10.0. The van der Waals surface area contributed by atoms with Gasteiger partial charge in [-0.05, 0) is 44.2 Å². The highest BCUT2D eigenvalue weighted by atomic mass is 19.4. The Morgan fingerprint density at radius 1 is 0.848 bits per heavy atom. The van der Waals surface area contributed by atoms with E-state index in [1.54, 1.807) is 36.4 Å². The monoisotopic (exact) mass is 454 g/mol. The van der Waals surface area contributed by atoms with E-state index in [-0.39, 0.29) is 6.54 Å². The van der Waals surface area contributed by atoms with Gasteiger partial charge in [-0.1, -0.05) is 48.5 Å². The highest BCUT2D eigenvalue weighted by Gasteiger charge is 2.53. The fraction of sp³-hybridized carbons (Fsp3) is 0.200. The van der Waals surface area contributed by atoms with Gasteiger partial charge in [0.25, 0.3) is 5.91 Å². The van der Waals surface area contributed by atoms with Crippen molar-refractivity contribution in [2.45, 2.75) is 32.1 Å². The van der Waals surface area contributed by atoms with E-state index in [2.05, 4.69) is 0 Å². The molecule has 1 aliphatic rings. The van der Waals surface area contributed by atoms with Crippen LogP contribution in [-0.4, -0.2) is 22.4 Å². The van der Waals surface area contributed by atoms with Gasteiger partial charge >= 0.3 is 12.2 Å². The molecule has 1 saturated heterocycles. The summed E-state index contributed by atoms with van der Waals surface area (Å²) in [6.45, 7) is 3.01. The van der Waals surface area contributed by atoms with Crippen LogP contribution in [0.4, 0.5) is 23.7 Å². The first-order valence-electron chi connectivity index (χ1n) is 10.2. The summed E-state index contributed by atoms with van der Waals surface area (Å²) in [7, 11) is 0. The number of urea groups is 1. The summed E-state index contributed by atoms with van der Waals surface area (Å²) in [5, 5.41) is 0. The molecule has 0 saturated carbocycles. The van der Waals surface area contributed by atoms with Gasteiger partial charge in [-0.25, -0.2) is 9.69 Å². The highest BCUT2D eigenvalue weighted by Crippen LogP contribution is 2.41. The Morgan fingerprint density at radius 3 is 2.15 bits per heavy atom. The third-order valence-electron chi connectivity index (χ3n) is 5.55. The predicted molar refractivity (Wildman–Crippen MR) is 117 cm³/mol. The van der Waals surface area contributed by atoms with E-state index in [1.807, 2.05) is 18.2 Å². The molecule has 1 aliphatic heterocycles. The van der Waals surface area contributed by atoms with Crippen molar-refractivity contribution in [2.75, 3.05) is 4.90 Å². The van der Waals surface area contributed by atoms with Gasteiger partial charge in [0.05, 0.1) is 17.8 Å². The summed E-state index contributed by atoms with van der Waals surface area (Å²) < 4.78 is 46.7. The van der Waals surface area contributed by atoms with E-state index in [4.69, 9.17) is 4.74 Å². The zero-order valence-corrected chi connectivity index (χ0v) is 18.0. The summed E-state index contributed by atoms with van der Waals surface area (Å²) in [6, 6.07) is 19.8. The average molecular weight is 454 g/mol.